The molecule has 0 aromatic heterocycles. The Kier molecular flexibility index (Phi) is 7.57. The maximum Gasteiger partial charge on any atom is 0.405 e. The molecule has 0 saturated carbocycles. The van der Waals surface area contributed by atoms with E-state index in [0.717, 1.165) is 12.2 Å². The molecule has 0 rings (SSSR count). The first kappa shape index (κ1) is 15.6. The van der Waals surface area contributed by atoms with Crippen LogP contribution in [0.15, 0.2) is 0 Å². The van der Waals surface area contributed by atoms with Crippen LogP contribution in [0.1, 0.15) is 13.3 Å². The van der Waals surface area contributed by atoms with Crippen molar-refractivity contribution in [2.24, 2.45) is 0 Å². The Morgan fingerprint density at radius 2 is 2.06 bits per heavy atom. The monoisotopic (exact) mass is 258 g/mol. The number of nitrogens with one attached hydrogen (secondary N) is 2. The lowest BCUT2D eigenvalue weighted by molar-refractivity contribution is -0.139. The third-order valence-electron chi connectivity index (χ3n) is 1.83. The largest absolute Gasteiger partial charge is 0.405 e. The highest BCUT2D eigenvalue weighted by atomic mass is 32.2. The minimum Gasteiger partial charge on any atom is -0.346 e. The number of hydrogen-bond acceptors (Lipinski definition) is 3. The van der Waals surface area contributed by atoms with Crippen LogP contribution in [-0.2, 0) is 4.79 Å². The molecule has 0 aliphatic carbocycles. The molecule has 0 radical (unpaired) electrons. The average molecular weight is 258 g/mol. The van der Waals surface area contributed by atoms with Gasteiger partial charge in [-0.25, -0.2) is 0 Å². The molecule has 0 aliphatic rings. The summed E-state index contributed by atoms with van der Waals surface area (Å²) < 4.78 is 35.4. The summed E-state index contributed by atoms with van der Waals surface area (Å²) in [7, 11) is 0. The van der Waals surface area contributed by atoms with Crippen LogP contribution in [0.25, 0.3) is 0 Å². The van der Waals surface area contributed by atoms with Gasteiger partial charge < -0.3 is 10.6 Å². The van der Waals surface area contributed by atoms with Crippen molar-refractivity contribution in [1.29, 1.82) is 0 Å². The number of rotatable bonds is 7. The second kappa shape index (κ2) is 7.78. The van der Waals surface area contributed by atoms with Gasteiger partial charge in [-0.1, -0.05) is 0 Å². The van der Waals surface area contributed by atoms with E-state index in [0.29, 0.717) is 6.54 Å². The van der Waals surface area contributed by atoms with Gasteiger partial charge in [0.1, 0.15) is 6.54 Å². The standard InChI is InChI=1S/C9H17F3N2OS/c1-7(13-4-3-5-16-2)8(15)14-6-9(10,11)12/h7,13H,3-6H2,1-2H3,(H,14,15). The lowest BCUT2D eigenvalue weighted by Gasteiger charge is -2.14. The Labute approximate surface area is 97.5 Å². The highest BCUT2D eigenvalue weighted by Gasteiger charge is 2.28. The highest BCUT2D eigenvalue weighted by Crippen LogP contribution is 2.12. The predicted molar refractivity (Wildman–Crippen MR) is 59.5 cm³/mol. The van der Waals surface area contributed by atoms with Crippen molar-refractivity contribution in [2.75, 3.05) is 25.1 Å². The molecule has 96 valence electrons. The van der Waals surface area contributed by atoms with E-state index in [-0.39, 0.29) is 0 Å². The van der Waals surface area contributed by atoms with Crippen LogP contribution in [0.5, 0.6) is 0 Å². The molecule has 0 aromatic carbocycles. The van der Waals surface area contributed by atoms with Crippen LogP contribution >= 0.6 is 11.8 Å². The van der Waals surface area contributed by atoms with Gasteiger partial charge >= 0.3 is 6.18 Å². The summed E-state index contributed by atoms with van der Waals surface area (Å²) in [5, 5.41) is 4.69. The summed E-state index contributed by atoms with van der Waals surface area (Å²) in [5.74, 6) is 0.339. The summed E-state index contributed by atoms with van der Waals surface area (Å²) in [6.07, 6.45) is -1.49. The molecule has 0 aromatic rings. The average Bonchev–Trinajstić information content (AvgIpc) is 2.19. The van der Waals surface area contributed by atoms with Crippen molar-refractivity contribution in [1.82, 2.24) is 10.6 Å². The first-order valence-electron chi connectivity index (χ1n) is 4.93. The van der Waals surface area contributed by atoms with Crippen molar-refractivity contribution in [2.45, 2.75) is 25.6 Å². The Morgan fingerprint density at radius 3 is 2.56 bits per heavy atom. The SMILES string of the molecule is CSCCCNC(C)C(=O)NCC(F)(F)F. The first-order chi connectivity index (χ1) is 7.37. The fourth-order valence-electron chi connectivity index (χ4n) is 0.968. The lowest BCUT2D eigenvalue weighted by atomic mass is 10.3. The molecule has 1 amide bonds. The third kappa shape index (κ3) is 8.84. The topological polar surface area (TPSA) is 41.1 Å². The first-order valence-corrected chi connectivity index (χ1v) is 6.33. The van der Waals surface area contributed by atoms with Gasteiger partial charge in [0.15, 0.2) is 0 Å². The van der Waals surface area contributed by atoms with Crippen molar-refractivity contribution in [3.63, 3.8) is 0 Å². The number of hydrogen-bond donors (Lipinski definition) is 2. The minimum absolute atomic E-state index is 0.593. The maximum atomic E-state index is 11.8. The normalized spacial score (nSPS) is 13.6. The van der Waals surface area contributed by atoms with Crippen molar-refractivity contribution >= 4 is 17.7 Å². The van der Waals surface area contributed by atoms with Crippen molar-refractivity contribution < 1.29 is 18.0 Å². The second-order valence-electron chi connectivity index (χ2n) is 3.36. The summed E-state index contributed by atoms with van der Waals surface area (Å²) in [4.78, 5) is 11.2. The second-order valence-corrected chi connectivity index (χ2v) is 4.34. The van der Waals surface area contributed by atoms with E-state index in [4.69, 9.17) is 0 Å². The molecule has 16 heavy (non-hydrogen) atoms. The molecule has 0 heterocycles. The molecule has 0 saturated heterocycles. The van der Waals surface area contributed by atoms with E-state index >= 15 is 0 Å². The molecule has 1 unspecified atom stereocenters. The third-order valence-corrected chi connectivity index (χ3v) is 2.53. The number of thioether (sulfide) groups is 1. The van der Waals surface area contributed by atoms with Crippen molar-refractivity contribution in [3.8, 4) is 0 Å². The molecule has 2 N–H and O–H groups in total. The van der Waals surface area contributed by atoms with Gasteiger partial charge in [0.2, 0.25) is 5.91 Å². The van der Waals surface area contributed by atoms with Crippen LogP contribution < -0.4 is 10.6 Å². The molecule has 0 bridgehead atoms. The van der Waals surface area contributed by atoms with Crippen LogP contribution in [0.3, 0.4) is 0 Å². The van der Waals surface area contributed by atoms with E-state index < -0.39 is 24.7 Å². The number of amides is 1. The minimum atomic E-state index is -4.35. The number of carbonyl (C=O) groups is 1. The molecule has 1 atom stereocenters. The highest BCUT2D eigenvalue weighted by molar-refractivity contribution is 7.98. The molecular weight excluding hydrogens is 241 g/mol. The molecule has 7 heteroatoms. The zero-order valence-corrected chi connectivity index (χ0v) is 10.2. The smallest absolute Gasteiger partial charge is 0.346 e. The van der Waals surface area contributed by atoms with Gasteiger partial charge in [0.05, 0.1) is 6.04 Å². The van der Waals surface area contributed by atoms with E-state index in [1.807, 2.05) is 11.6 Å². The van der Waals surface area contributed by atoms with Crippen LogP contribution in [0.4, 0.5) is 13.2 Å². The predicted octanol–water partition coefficient (Wildman–Crippen LogP) is 1.40. The Morgan fingerprint density at radius 1 is 1.44 bits per heavy atom. The van der Waals surface area contributed by atoms with Crippen LogP contribution in [0.2, 0.25) is 0 Å². The van der Waals surface area contributed by atoms with Gasteiger partial charge in [-0.15, -0.1) is 0 Å². The lowest BCUT2D eigenvalue weighted by Crippen LogP contribution is -2.45. The zero-order valence-electron chi connectivity index (χ0n) is 9.36. The Bertz CT molecular complexity index is 211. The van der Waals surface area contributed by atoms with Gasteiger partial charge in [0, 0.05) is 0 Å². The summed E-state index contributed by atoms with van der Waals surface area (Å²) in [5.41, 5.74) is 0. The van der Waals surface area contributed by atoms with Crippen LogP contribution in [0, 0.1) is 0 Å². The zero-order chi connectivity index (χ0) is 12.6. The quantitative estimate of drug-likeness (QED) is 0.678. The van der Waals surface area contributed by atoms with E-state index in [9.17, 15) is 18.0 Å². The van der Waals surface area contributed by atoms with Gasteiger partial charge in [-0.2, -0.15) is 24.9 Å². The van der Waals surface area contributed by atoms with E-state index in [1.165, 1.54) is 0 Å². The van der Waals surface area contributed by atoms with Gasteiger partial charge in [0.25, 0.3) is 0 Å². The van der Waals surface area contributed by atoms with Crippen molar-refractivity contribution in [3.05, 3.63) is 0 Å². The molecule has 0 fully saturated rings. The number of carbonyl (C=O) groups excluding carboxylic acids is 1. The molecular formula is C9H17F3N2OS. The molecule has 0 spiro atoms. The van der Waals surface area contributed by atoms with Gasteiger partial charge in [-0.3, -0.25) is 4.79 Å². The fourth-order valence-corrected chi connectivity index (χ4v) is 1.40. The van der Waals surface area contributed by atoms with E-state index in [1.54, 1.807) is 18.7 Å². The molecule has 3 nitrogen and oxygen atoms in total. The van der Waals surface area contributed by atoms with E-state index in [2.05, 4.69) is 5.32 Å². The summed E-state index contributed by atoms with van der Waals surface area (Å²) in [6, 6.07) is -0.593. The number of alkyl halides is 3. The Hall–Kier alpha value is -0.430. The summed E-state index contributed by atoms with van der Waals surface area (Å²) in [6.45, 7) is 0.898. The fraction of sp³-hybridized carbons (Fsp3) is 0.889. The maximum absolute atomic E-state index is 11.8. The Balaban J connectivity index is 3.65. The number of halogens is 3. The van der Waals surface area contributed by atoms with Crippen LogP contribution in [-0.4, -0.2) is 43.2 Å². The van der Waals surface area contributed by atoms with Gasteiger partial charge in [-0.05, 0) is 31.9 Å². The molecule has 0 aliphatic heterocycles. The summed E-state index contributed by atoms with van der Waals surface area (Å²) >= 11 is 1.69.